The molecule has 3 rings (SSSR count). The zero-order chi connectivity index (χ0) is 15.4. The molecule has 22 heavy (non-hydrogen) atoms. The highest BCUT2D eigenvalue weighted by Crippen LogP contribution is 2.30. The van der Waals surface area contributed by atoms with Crippen molar-refractivity contribution in [3.8, 4) is 5.75 Å². The standard InChI is InChI=1S/C17H19N3O2/c1-22-15-7-2-12(3-8-15)10-18-16-9-6-14(11-19-16)20-17(21)13-4-5-13/h2-3,6-9,11,13H,4-5,10H2,1H3,(H,18,19)(H,20,21). The summed E-state index contributed by atoms with van der Waals surface area (Å²) < 4.78 is 5.13. The van der Waals surface area contributed by atoms with E-state index in [9.17, 15) is 4.79 Å². The number of amides is 1. The first-order valence-electron chi connectivity index (χ1n) is 7.38. The number of hydrogen-bond acceptors (Lipinski definition) is 4. The third-order valence-electron chi connectivity index (χ3n) is 3.61. The fourth-order valence-electron chi connectivity index (χ4n) is 2.10. The normalized spacial score (nSPS) is 13.5. The molecule has 0 saturated heterocycles. The second kappa shape index (κ2) is 6.47. The van der Waals surface area contributed by atoms with Gasteiger partial charge in [-0.3, -0.25) is 4.79 Å². The molecule has 0 aliphatic heterocycles. The summed E-state index contributed by atoms with van der Waals surface area (Å²) in [6.07, 6.45) is 3.68. The molecule has 1 amide bonds. The van der Waals surface area contributed by atoms with Crippen LogP contribution < -0.4 is 15.4 Å². The van der Waals surface area contributed by atoms with Crippen molar-refractivity contribution in [1.82, 2.24) is 4.98 Å². The molecule has 0 atom stereocenters. The monoisotopic (exact) mass is 297 g/mol. The third kappa shape index (κ3) is 3.75. The molecule has 2 aromatic rings. The minimum absolute atomic E-state index is 0.0979. The second-order valence-electron chi connectivity index (χ2n) is 5.40. The maximum Gasteiger partial charge on any atom is 0.227 e. The third-order valence-corrected chi connectivity index (χ3v) is 3.61. The van der Waals surface area contributed by atoms with E-state index in [1.54, 1.807) is 13.3 Å². The molecule has 1 saturated carbocycles. The van der Waals surface area contributed by atoms with Crippen LogP contribution in [0.5, 0.6) is 5.75 Å². The van der Waals surface area contributed by atoms with Crippen LogP contribution >= 0.6 is 0 Å². The highest BCUT2D eigenvalue weighted by Gasteiger charge is 2.29. The van der Waals surface area contributed by atoms with Crippen molar-refractivity contribution in [2.45, 2.75) is 19.4 Å². The van der Waals surface area contributed by atoms with E-state index < -0.39 is 0 Å². The van der Waals surface area contributed by atoms with Gasteiger partial charge in [-0.1, -0.05) is 12.1 Å². The number of pyridine rings is 1. The number of benzene rings is 1. The molecule has 0 bridgehead atoms. The average molecular weight is 297 g/mol. The summed E-state index contributed by atoms with van der Waals surface area (Å²) in [7, 11) is 1.65. The summed E-state index contributed by atoms with van der Waals surface area (Å²) in [6, 6.07) is 11.6. The van der Waals surface area contributed by atoms with Crippen molar-refractivity contribution in [2.24, 2.45) is 5.92 Å². The molecule has 5 nitrogen and oxygen atoms in total. The van der Waals surface area contributed by atoms with Gasteiger partial charge in [0.2, 0.25) is 5.91 Å². The summed E-state index contributed by atoms with van der Waals surface area (Å²) in [5, 5.41) is 6.12. The minimum atomic E-state index is 0.0979. The summed E-state index contributed by atoms with van der Waals surface area (Å²) in [5.41, 5.74) is 1.89. The summed E-state index contributed by atoms with van der Waals surface area (Å²) in [4.78, 5) is 16.0. The number of hydrogen-bond donors (Lipinski definition) is 2. The molecule has 5 heteroatoms. The van der Waals surface area contributed by atoms with Crippen LogP contribution in [0.25, 0.3) is 0 Å². The molecule has 1 aromatic heterocycles. The Labute approximate surface area is 129 Å². The van der Waals surface area contributed by atoms with Crippen molar-refractivity contribution in [3.63, 3.8) is 0 Å². The van der Waals surface area contributed by atoms with Gasteiger partial charge < -0.3 is 15.4 Å². The number of rotatable bonds is 6. The number of nitrogens with zero attached hydrogens (tertiary/aromatic N) is 1. The van der Waals surface area contributed by atoms with Crippen molar-refractivity contribution in [3.05, 3.63) is 48.2 Å². The summed E-state index contributed by atoms with van der Waals surface area (Å²) in [6.45, 7) is 0.685. The summed E-state index contributed by atoms with van der Waals surface area (Å²) >= 11 is 0. The highest BCUT2D eigenvalue weighted by atomic mass is 16.5. The lowest BCUT2D eigenvalue weighted by Crippen LogP contribution is -2.13. The smallest absolute Gasteiger partial charge is 0.227 e. The first-order valence-corrected chi connectivity index (χ1v) is 7.38. The Kier molecular flexibility index (Phi) is 4.23. The van der Waals surface area contributed by atoms with Crippen LogP contribution in [0.2, 0.25) is 0 Å². The van der Waals surface area contributed by atoms with Gasteiger partial charge in [-0.25, -0.2) is 4.98 Å². The van der Waals surface area contributed by atoms with Crippen LogP contribution in [0.15, 0.2) is 42.6 Å². The Balaban J connectivity index is 1.52. The number of carbonyl (C=O) groups excluding carboxylic acids is 1. The fourth-order valence-corrected chi connectivity index (χ4v) is 2.10. The fraction of sp³-hybridized carbons (Fsp3) is 0.294. The van der Waals surface area contributed by atoms with Gasteiger partial charge >= 0.3 is 0 Å². The Morgan fingerprint density at radius 1 is 1.23 bits per heavy atom. The predicted octanol–water partition coefficient (Wildman–Crippen LogP) is 3.05. The molecule has 114 valence electrons. The number of methoxy groups -OCH3 is 1. The van der Waals surface area contributed by atoms with E-state index in [0.29, 0.717) is 6.54 Å². The van der Waals surface area contributed by atoms with Crippen LogP contribution in [-0.2, 0) is 11.3 Å². The molecule has 1 fully saturated rings. The predicted molar refractivity (Wildman–Crippen MR) is 85.9 cm³/mol. The lowest BCUT2D eigenvalue weighted by Gasteiger charge is -2.08. The largest absolute Gasteiger partial charge is 0.497 e. The van der Waals surface area contributed by atoms with Gasteiger partial charge in [0, 0.05) is 12.5 Å². The van der Waals surface area contributed by atoms with E-state index >= 15 is 0 Å². The molecule has 1 aliphatic rings. The lowest BCUT2D eigenvalue weighted by atomic mass is 10.2. The van der Waals surface area contributed by atoms with Crippen LogP contribution in [0, 0.1) is 5.92 Å². The first kappa shape index (κ1) is 14.4. The molecular weight excluding hydrogens is 278 g/mol. The molecule has 0 unspecified atom stereocenters. The minimum Gasteiger partial charge on any atom is -0.497 e. The zero-order valence-corrected chi connectivity index (χ0v) is 12.5. The van der Waals surface area contributed by atoms with Crippen molar-refractivity contribution >= 4 is 17.4 Å². The molecule has 1 aromatic carbocycles. The lowest BCUT2D eigenvalue weighted by molar-refractivity contribution is -0.117. The van der Waals surface area contributed by atoms with Crippen LogP contribution in [-0.4, -0.2) is 18.0 Å². The number of anilines is 2. The number of aromatic nitrogens is 1. The van der Waals surface area contributed by atoms with E-state index in [1.165, 1.54) is 0 Å². The maximum atomic E-state index is 11.7. The Morgan fingerprint density at radius 3 is 2.59 bits per heavy atom. The molecule has 1 heterocycles. The molecule has 2 N–H and O–H groups in total. The quantitative estimate of drug-likeness (QED) is 0.860. The average Bonchev–Trinajstić information content (AvgIpc) is 3.40. The molecule has 0 radical (unpaired) electrons. The number of nitrogens with one attached hydrogen (secondary N) is 2. The molecular formula is C17H19N3O2. The van der Waals surface area contributed by atoms with Crippen molar-refractivity contribution in [1.29, 1.82) is 0 Å². The van der Waals surface area contributed by atoms with Crippen molar-refractivity contribution < 1.29 is 9.53 Å². The SMILES string of the molecule is COc1ccc(CNc2ccc(NC(=O)C3CC3)cn2)cc1. The van der Waals surface area contributed by atoms with Gasteiger partial charge in [-0.15, -0.1) is 0 Å². The van der Waals surface area contributed by atoms with E-state index in [-0.39, 0.29) is 11.8 Å². The Bertz CT molecular complexity index is 634. The van der Waals surface area contributed by atoms with Crippen molar-refractivity contribution in [2.75, 3.05) is 17.7 Å². The first-order chi connectivity index (χ1) is 10.7. The van der Waals surface area contributed by atoms with Crippen LogP contribution in [0.4, 0.5) is 11.5 Å². The second-order valence-corrected chi connectivity index (χ2v) is 5.40. The van der Waals surface area contributed by atoms with Gasteiger partial charge in [0.25, 0.3) is 0 Å². The maximum absolute atomic E-state index is 11.7. The highest BCUT2D eigenvalue weighted by molar-refractivity contribution is 5.93. The van der Waals surface area contributed by atoms with E-state index in [4.69, 9.17) is 4.74 Å². The van der Waals surface area contributed by atoms with Gasteiger partial charge in [-0.05, 0) is 42.7 Å². The summed E-state index contributed by atoms with van der Waals surface area (Å²) in [5.74, 6) is 1.92. The Morgan fingerprint density at radius 2 is 2.00 bits per heavy atom. The molecule has 0 spiro atoms. The Hall–Kier alpha value is -2.56. The van der Waals surface area contributed by atoms with Gasteiger partial charge in [0.1, 0.15) is 11.6 Å². The van der Waals surface area contributed by atoms with E-state index in [1.807, 2.05) is 36.4 Å². The number of carbonyl (C=O) groups is 1. The van der Waals surface area contributed by atoms with E-state index in [0.717, 1.165) is 35.7 Å². The topological polar surface area (TPSA) is 63.2 Å². The molecule has 1 aliphatic carbocycles. The van der Waals surface area contributed by atoms with E-state index in [2.05, 4.69) is 15.6 Å². The number of ether oxygens (including phenoxy) is 1. The van der Waals surface area contributed by atoms with Gasteiger partial charge in [0.15, 0.2) is 0 Å². The zero-order valence-electron chi connectivity index (χ0n) is 12.5. The van der Waals surface area contributed by atoms with Crippen LogP contribution in [0.3, 0.4) is 0 Å². The van der Waals surface area contributed by atoms with Gasteiger partial charge in [0.05, 0.1) is 19.0 Å². The van der Waals surface area contributed by atoms with Gasteiger partial charge in [-0.2, -0.15) is 0 Å². The van der Waals surface area contributed by atoms with Crippen LogP contribution in [0.1, 0.15) is 18.4 Å².